The Kier molecular flexibility index (Phi) is 6.62. The molecule has 1 fully saturated rings. The number of carbonyl (C=O) groups excluding carboxylic acids is 1. The fourth-order valence-corrected chi connectivity index (χ4v) is 2.75. The number of nitrogens with one attached hydrogen (secondary N) is 1. The van der Waals surface area contributed by atoms with Crippen LogP contribution < -0.4 is 15.8 Å². The number of rotatable bonds is 2. The molecule has 0 aromatic heterocycles. The molecule has 6 nitrogen and oxygen atoms in total. The predicted molar refractivity (Wildman–Crippen MR) is 100 cm³/mol. The highest BCUT2D eigenvalue weighted by molar-refractivity contribution is 7.80. The third-order valence-electron chi connectivity index (χ3n) is 3.82. The second kappa shape index (κ2) is 8.70. The molecule has 1 aromatic rings. The fourth-order valence-electron chi connectivity index (χ4n) is 2.52. The lowest BCUT2D eigenvalue weighted by atomic mass is 10.0. The summed E-state index contributed by atoms with van der Waals surface area (Å²) < 4.78 is 32.9. The van der Waals surface area contributed by atoms with Crippen LogP contribution >= 0.6 is 12.2 Å². The predicted octanol–water partition coefficient (Wildman–Crippen LogP) is 2.82. The molecule has 2 amide bonds. The second-order valence-electron chi connectivity index (χ2n) is 5.78. The van der Waals surface area contributed by atoms with Gasteiger partial charge in [-0.25, -0.2) is 18.6 Å². The van der Waals surface area contributed by atoms with Gasteiger partial charge in [0.2, 0.25) is 5.11 Å². The number of halogens is 2. The normalized spacial score (nSPS) is 14.8. The van der Waals surface area contributed by atoms with Crippen LogP contribution in [0.4, 0.5) is 13.6 Å². The number of piperidine rings is 1. The largest absolute Gasteiger partial charge is 0.497 e. The van der Waals surface area contributed by atoms with E-state index in [1.54, 1.807) is 11.8 Å². The van der Waals surface area contributed by atoms with Crippen LogP contribution in [-0.2, 0) is 0 Å². The minimum Gasteiger partial charge on any atom is -0.497 e. The molecule has 0 spiro atoms. The maximum Gasteiger partial charge on any atom is 0.323 e. The van der Waals surface area contributed by atoms with E-state index in [9.17, 15) is 13.6 Å². The number of amidine groups is 1. The summed E-state index contributed by atoms with van der Waals surface area (Å²) in [6.45, 7) is 2.38. The number of urea groups is 1. The van der Waals surface area contributed by atoms with E-state index in [1.807, 2.05) is 0 Å². The van der Waals surface area contributed by atoms with Crippen LogP contribution in [0.1, 0.15) is 25.3 Å². The molecular formula is C17H20F2N4O2S. The first-order valence-corrected chi connectivity index (χ1v) is 8.34. The van der Waals surface area contributed by atoms with Gasteiger partial charge in [0.1, 0.15) is 17.4 Å². The summed E-state index contributed by atoms with van der Waals surface area (Å²) in [5.41, 5.74) is 6.16. The molecule has 1 aliphatic rings. The van der Waals surface area contributed by atoms with Gasteiger partial charge in [0, 0.05) is 30.8 Å². The van der Waals surface area contributed by atoms with E-state index >= 15 is 0 Å². The van der Waals surface area contributed by atoms with Gasteiger partial charge < -0.3 is 15.4 Å². The van der Waals surface area contributed by atoms with Crippen LogP contribution in [0.15, 0.2) is 22.7 Å². The molecule has 9 heteroatoms. The number of ether oxygens (including phenoxy) is 1. The molecule has 3 N–H and O–H groups in total. The molecule has 0 atom stereocenters. The molecule has 0 unspecified atom stereocenters. The summed E-state index contributed by atoms with van der Waals surface area (Å²) in [6.07, 6.45) is 2.50. The van der Waals surface area contributed by atoms with Gasteiger partial charge in [-0.3, -0.25) is 5.32 Å². The van der Waals surface area contributed by atoms with E-state index in [4.69, 9.17) is 22.7 Å². The standard InChI is InChI=1S/C17H20F2N4O2S/c1-10(20)21-16(26)22-17(24)23-5-3-11(4-6-23)7-13-14(18)8-12(25-2)9-15(13)19/h7-9H,3-6H2,1-2H3,(H3,20,21,22,24,26). The number of thiocarbonyl (C=S) groups is 1. The van der Waals surface area contributed by atoms with Crippen LogP contribution in [-0.4, -0.2) is 42.1 Å². The highest BCUT2D eigenvalue weighted by atomic mass is 32.1. The summed E-state index contributed by atoms with van der Waals surface area (Å²) in [6, 6.07) is 1.90. The number of hydrogen-bond donors (Lipinski definition) is 2. The third kappa shape index (κ3) is 5.22. The zero-order valence-corrected chi connectivity index (χ0v) is 15.3. The quantitative estimate of drug-likeness (QED) is 0.468. The van der Waals surface area contributed by atoms with Gasteiger partial charge in [0.25, 0.3) is 0 Å². The maximum absolute atomic E-state index is 14.0. The van der Waals surface area contributed by atoms with E-state index in [-0.39, 0.29) is 28.3 Å². The lowest BCUT2D eigenvalue weighted by Gasteiger charge is -2.28. The van der Waals surface area contributed by atoms with Crippen molar-refractivity contribution in [1.29, 1.82) is 0 Å². The molecule has 2 rings (SSSR count). The molecule has 1 saturated heterocycles. The highest BCUT2D eigenvalue weighted by Gasteiger charge is 2.20. The number of methoxy groups -OCH3 is 1. The Morgan fingerprint density at radius 1 is 1.35 bits per heavy atom. The van der Waals surface area contributed by atoms with Crippen molar-refractivity contribution in [2.75, 3.05) is 20.2 Å². The molecule has 0 aliphatic carbocycles. The van der Waals surface area contributed by atoms with Crippen LogP contribution in [0.2, 0.25) is 0 Å². The lowest BCUT2D eigenvalue weighted by Crippen LogP contribution is -2.44. The SMILES string of the molecule is COc1cc(F)c(C=C2CCN(C(=O)NC(=S)/N=C(/C)N)CC2)c(F)c1. The number of likely N-dealkylation sites (tertiary alicyclic amines) is 1. The first-order chi connectivity index (χ1) is 12.3. The van der Waals surface area contributed by atoms with Crippen molar-refractivity contribution in [3.8, 4) is 5.75 Å². The van der Waals surface area contributed by atoms with Crippen molar-refractivity contribution in [2.45, 2.75) is 19.8 Å². The van der Waals surface area contributed by atoms with E-state index < -0.39 is 11.6 Å². The molecule has 140 valence electrons. The molecular weight excluding hydrogens is 362 g/mol. The first kappa shape index (κ1) is 19.8. The van der Waals surface area contributed by atoms with Gasteiger partial charge in [-0.2, -0.15) is 0 Å². The van der Waals surface area contributed by atoms with Crippen LogP contribution in [0.25, 0.3) is 6.08 Å². The Labute approximate surface area is 155 Å². The van der Waals surface area contributed by atoms with Gasteiger partial charge in [0.05, 0.1) is 12.9 Å². The molecule has 0 saturated carbocycles. The smallest absolute Gasteiger partial charge is 0.323 e. The molecule has 26 heavy (non-hydrogen) atoms. The van der Waals surface area contributed by atoms with E-state index in [0.29, 0.717) is 25.9 Å². The minimum absolute atomic E-state index is 0.00119. The average Bonchev–Trinajstić information content (AvgIpc) is 2.57. The summed E-state index contributed by atoms with van der Waals surface area (Å²) in [5.74, 6) is -0.993. The first-order valence-electron chi connectivity index (χ1n) is 7.93. The molecule has 1 heterocycles. The number of aliphatic imine (C=N–C) groups is 1. The summed E-state index contributed by atoms with van der Waals surface area (Å²) in [4.78, 5) is 17.4. The van der Waals surface area contributed by atoms with Gasteiger partial charge >= 0.3 is 6.03 Å². The third-order valence-corrected chi connectivity index (χ3v) is 4.01. The van der Waals surface area contributed by atoms with Gasteiger partial charge in [-0.1, -0.05) is 5.57 Å². The number of nitrogens with zero attached hydrogens (tertiary/aromatic N) is 2. The van der Waals surface area contributed by atoms with Gasteiger partial charge in [-0.05, 0) is 38.1 Å². The monoisotopic (exact) mass is 382 g/mol. The number of hydrogen-bond acceptors (Lipinski definition) is 3. The van der Waals surface area contributed by atoms with Crippen LogP contribution in [0.3, 0.4) is 0 Å². The topological polar surface area (TPSA) is 80.0 Å². The van der Waals surface area contributed by atoms with Crippen molar-refractivity contribution >= 4 is 35.3 Å². The fraction of sp³-hybridized carbons (Fsp3) is 0.353. The Morgan fingerprint density at radius 3 is 2.42 bits per heavy atom. The van der Waals surface area contributed by atoms with Crippen LogP contribution in [0, 0.1) is 11.6 Å². The molecule has 0 bridgehead atoms. The molecule has 1 aromatic carbocycles. The summed E-state index contributed by atoms with van der Waals surface area (Å²) >= 11 is 4.90. The van der Waals surface area contributed by atoms with Crippen molar-refractivity contribution in [1.82, 2.24) is 10.2 Å². The lowest BCUT2D eigenvalue weighted by molar-refractivity contribution is 0.199. The minimum atomic E-state index is -0.685. The van der Waals surface area contributed by atoms with Crippen LogP contribution in [0.5, 0.6) is 5.75 Å². The van der Waals surface area contributed by atoms with Crippen molar-refractivity contribution in [3.05, 3.63) is 34.9 Å². The molecule has 0 radical (unpaired) electrons. The van der Waals surface area contributed by atoms with E-state index in [0.717, 1.165) is 17.7 Å². The summed E-state index contributed by atoms with van der Waals surface area (Å²) in [5, 5.41) is 2.47. The van der Waals surface area contributed by atoms with Crippen molar-refractivity contribution in [2.24, 2.45) is 10.7 Å². The number of nitrogens with two attached hydrogens (primary N) is 1. The number of benzene rings is 1. The highest BCUT2D eigenvalue weighted by Crippen LogP contribution is 2.25. The van der Waals surface area contributed by atoms with Gasteiger partial charge in [0.15, 0.2) is 0 Å². The zero-order valence-electron chi connectivity index (χ0n) is 14.5. The average molecular weight is 382 g/mol. The maximum atomic E-state index is 14.0. The second-order valence-corrected chi connectivity index (χ2v) is 6.17. The Morgan fingerprint density at radius 2 is 1.92 bits per heavy atom. The Hall–Kier alpha value is -2.55. The Balaban J connectivity index is 2.00. The van der Waals surface area contributed by atoms with Crippen molar-refractivity contribution in [3.63, 3.8) is 0 Å². The zero-order chi connectivity index (χ0) is 19.3. The Bertz CT molecular complexity index is 743. The van der Waals surface area contributed by atoms with E-state index in [2.05, 4.69) is 10.3 Å². The van der Waals surface area contributed by atoms with Crippen molar-refractivity contribution < 1.29 is 18.3 Å². The van der Waals surface area contributed by atoms with E-state index in [1.165, 1.54) is 13.2 Å². The van der Waals surface area contributed by atoms with Gasteiger partial charge in [-0.15, -0.1) is 0 Å². The number of amides is 2. The molecule has 1 aliphatic heterocycles. The number of carbonyl (C=O) groups is 1. The summed E-state index contributed by atoms with van der Waals surface area (Å²) in [7, 11) is 1.35.